The summed E-state index contributed by atoms with van der Waals surface area (Å²) in [6, 6.07) is 11.7. The maximum Gasteiger partial charge on any atom is 0.335 e. The average molecular weight is 378 g/mol. The van der Waals surface area contributed by atoms with Crippen molar-refractivity contribution in [2.24, 2.45) is 5.92 Å². The van der Waals surface area contributed by atoms with Crippen LogP contribution < -0.4 is 0 Å². The third-order valence-electron chi connectivity index (χ3n) is 5.95. The quantitative estimate of drug-likeness (QED) is 0.730. The molecule has 2 atom stereocenters. The number of carboxylic acid groups (broad SMARTS) is 1. The lowest BCUT2D eigenvalue weighted by atomic mass is 10.0. The van der Waals surface area contributed by atoms with Crippen LogP contribution in [0.5, 0.6) is 0 Å². The van der Waals surface area contributed by atoms with Crippen LogP contribution >= 0.6 is 0 Å². The Morgan fingerprint density at radius 2 is 2.00 bits per heavy atom. The predicted octanol–water partition coefficient (Wildman–Crippen LogP) is 3.69. The van der Waals surface area contributed by atoms with Crippen LogP contribution in [-0.4, -0.2) is 33.4 Å². The number of nitrogens with zero attached hydrogens (tertiary/aromatic N) is 1. The predicted molar refractivity (Wildman–Crippen MR) is 102 cm³/mol. The third kappa shape index (κ3) is 2.68. The molecule has 1 aliphatic heterocycles. The summed E-state index contributed by atoms with van der Waals surface area (Å²) < 4.78 is 14.0. The van der Waals surface area contributed by atoms with Crippen LogP contribution in [0.4, 0.5) is 4.39 Å². The molecule has 0 unspecified atom stereocenters. The monoisotopic (exact) mass is 378 g/mol. The maximum atomic E-state index is 14.0. The lowest BCUT2D eigenvalue weighted by Crippen LogP contribution is -2.37. The number of benzene rings is 2. The third-order valence-corrected chi connectivity index (χ3v) is 5.95. The number of halogens is 1. The van der Waals surface area contributed by atoms with E-state index in [4.69, 9.17) is 0 Å². The molecule has 2 heterocycles. The highest BCUT2D eigenvalue weighted by atomic mass is 19.1. The number of fused-ring (bicyclic) bond motifs is 3. The van der Waals surface area contributed by atoms with Gasteiger partial charge in [0.1, 0.15) is 5.82 Å². The van der Waals surface area contributed by atoms with Crippen LogP contribution in [-0.2, 0) is 17.8 Å². The molecule has 5 rings (SSSR count). The summed E-state index contributed by atoms with van der Waals surface area (Å²) >= 11 is 0. The molecule has 0 radical (unpaired) electrons. The summed E-state index contributed by atoms with van der Waals surface area (Å²) in [4.78, 5) is 29.5. The Morgan fingerprint density at radius 1 is 1.18 bits per heavy atom. The van der Waals surface area contributed by atoms with E-state index in [1.165, 1.54) is 6.07 Å². The van der Waals surface area contributed by atoms with E-state index in [-0.39, 0.29) is 29.1 Å². The van der Waals surface area contributed by atoms with E-state index in [9.17, 15) is 19.1 Å². The van der Waals surface area contributed by atoms with E-state index in [1.807, 2.05) is 4.90 Å². The second-order valence-corrected chi connectivity index (χ2v) is 7.63. The highest BCUT2D eigenvalue weighted by Crippen LogP contribution is 2.49. The van der Waals surface area contributed by atoms with Gasteiger partial charge in [-0.1, -0.05) is 18.2 Å². The molecule has 1 amide bonds. The van der Waals surface area contributed by atoms with Gasteiger partial charge >= 0.3 is 5.97 Å². The first-order chi connectivity index (χ1) is 13.5. The van der Waals surface area contributed by atoms with Crippen molar-refractivity contribution in [1.82, 2.24) is 9.88 Å². The fourth-order valence-corrected chi connectivity index (χ4v) is 4.36. The lowest BCUT2D eigenvalue weighted by Gasteiger charge is -2.27. The number of aromatic carboxylic acids is 1. The van der Waals surface area contributed by atoms with Gasteiger partial charge in [-0.15, -0.1) is 0 Å². The zero-order valence-electron chi connectivity index (χ0n) is 15.1. The van der Waals surface area contributed by atoms with E-state index < -0.39 is 5.97 Å². The van der Waals surface area contributed by atoms with Crippen molar-refractivity contribution in [1.29, 1.82) is 0 Å². The molecule has 2 aliphatic rings. The van der Waals surface area contributed by atoms with Crippen molar-refractivity contribution >= 4 is 22.8 Å². The Bertz CT molecular complexity index is 1120. The first-order valence-electron chi connectivity index (χ1n) is 9.43. The van der Waals surface area contributed by atoms with E-state index in [1.54, 1.807) is 36.4 Å². The largest absolute Gasteiger partial charge is 0.478 e. The van der Waals surface area contributed by atoms with Crippen molar-refractivity contribution < 1.29 is 19.1 Å². The second kappa shape index (κ2) is 6.19. The number of carboxylic acids is 1. The van der Waals surface area contributed by atoms with Gasteiger partial charge in [0, 0.05) is 47.6 Å². The SMILES string of the molecule is O=C(O)c1ccc2[nH]c3c(c2c1)CN(C(=O)[C@H]1C[C@@H]1c1ccccc1F)CC3. The molecule has 0 saturated heterocycles. The molecule has 28 heavy (non-hydrogen) atoms. The van der Waals surface area contributed by atoms with Gasteiger partial charge in [-0.05, 0) is 42.2 Å². The van der Waals surface area contributed by atoms with Crippen molar-refractivity contribution in [2.75, 3.05) is 6.54 Å². The number of nitrogens with one attached hydrogen (secondary N) is 1. The van der Waals surface area contributed by atoms with Gasteiger partial charge < -0.3 is 15.0 Å². The summed E-state index contributed by atoms with van der Waals surface area (Å²) in [6.45, 7) is 1.07. The Labute approximate surface area is 160 Å². The number of aromatic amines is 1. The van der Waals surface area contributed by atoms with Gasteiger partial charge in [0.05, 0.1) is 5.56 Å². The average Bonchev–Trinajstić information content (AvgIpc) is 3.40. The van der Waals surface area contributed by atoms with Gasteiger partial charge in [-0.3, -0.25) is 4.79 Å². The normalized spacial score (nSPS) is 20.8. The minimum absolute atomic E-state index is 0.0447. The zero-order chi connectivity index (χ0) is 19.4. The molecule has 1 saturated carbocycles. The molecule has 5 nitrogen and oxygen atoms in total. The van der Waals surface area contributed by atoms with Gasteiger partial charge in [0.25, 0.3) is 0 Å². The van der Waals surface area contributed by atoms with Crippen LogP contribution in [0.15, 0.2) is 42.5 Å². The minimum atomic E-state index is -0.966. The summed E-state index contributed by atoms with van der Waals surface area (Å²) in [5, 5.41) is 10.1. The molecular formula is C22H19FN2O3. The number of rotatable bonds is 3. The molecule has 1 aromatic heterocycles. The highest BCUT2D eigenvalue weighted by molar-refractivity contribution is 5.95. The van der Waals surface area contributed by atoms with Crippen LogP contribution in [0.3, 0.4) is 0 Å². The van der Waals surface area contributed by atoms with E-state index in [0.29, 0.717) is 31.5 Å². The zero-order valence-corrected chi connectivity index (χ0v) is 15.1. The first kappa shape index (κ1) is 17.0. The summed E-state index contributed by atoms with van der Waals surface area (Å²) in [7, 11) is 0. The fraction of sp³-hybridized carbons (Fsp3) is 0.273. The lowest BCUT2D eigenvalue weighted by molar-refractivity contribution is -0.133. The maximum absolute atomic E-state index is 14.0. The van der Waals surface area contributed by atoms with E-state index in [0.717, 1.165) is 22.2 Å². The number of H-pyrrole nitrogens is 1. The molecule has 1 fully saturated rings. The molecule has 6 heteroatoms. The van der Waals surface area contributed by atoms with Crippen molar-refractivity contribution in [3.8, 4) is 0 Å². The smallest absolute Gasteiger partial charge is 0.335 e. The number of aromatic nitrogens is 1. The fourth-order valence-electron chi connectivity index (χ4n) is 4.36. The molecule has 1 aliphatic carbocycles. The Morgan fingerprint density at radius 3 is 2.79 bits per heavy atom. The molecule has 2 aromatic carbocycles. The summed E-state index contributed by atoms with van der Waals surface area (Å²) in [5.41, 5.74) is 3.79. The number of carbonyl (C=O) groups excluding carboxylic acids is 1. The van der Waals surface area contributed by atoms with Crippen LogP contribution in [0.1, 0.15) is 39.5 Å². The number of hydrogen-bond donors (Lipinski definition) is 2. The standard InChI is InChI=1S/C22H19FN2O3/c23-18-4-2-1-3-13(18)14-10-16(14)21(26)25-8-7-20-17(11-25)15-9-12(22(27)28)5-6-19(15)24-20/h1-6,9,14,16,24H,7-8,10-11H2,(H,27,28)/t14-,16+/m1/s1. The van der Waals surface area contributed by atoms with Gasteiger partial charge in [-0.25, -0.2) is 9.18 Å². The Hall–Kier alpha value is -3.15. The van der Waals surface area contributed by atoms with Crippen LogP contribution in [0, 0.1) is 11.7 Å². The topological polar surface area (TPSA) is 73.4 Å². The molecule has 142 valence electrons. The minimum Gasteiger partial charge on any atom is -0.478 e. The number of carbonyl (C=O) groups is 2. The van der Waals surface area contributed by atoms with Gasteiger partial charge in [-0.2, -0.15) is 0 Å². The second-order valence-electron chi connectivity index (χ2n) is 7.63. The Kier molecular flexibility index (Phi) is 3.75. The highest BCUT2D eigenvalue weighted by Gasteiger charge is 2.47. The van der Waals surface area contributed by atoms with Crippen molar-refractivity contribution in [3.05, 3.63) is 70.7 Å². The first-order valence-corrected chi connectivity index (χ1v) is 9.43. The molecule has 3 aromatic rings. The van der Waals surface area contributed by atoms with Crippen molar-refractivity contribution in [2.45, 2.75) is 25.3 Å². The molecule has 2 N–H and O–H groups in total. The number of hydrogen-bond acceptors (Lipinski definition) is 2. The van der Waals surface area contributed by atoms with Crippen LogP contribution in [0.25, 0.3) is 10.9 Å². The van der Waals surface area contributed by atoms with E-state index in [2.05, 4.69) is 4.98 Å². The summed E-state index contributed by atoms with van der Waals surface area (Å²) in [6.07, 6.45) is 1.38. The van der Waals surface area contributed by atoms with E-state index >= 15 is 0 Å². The molecule has 0 spiro atoms. The number of amides is 1. The molecule has 0 bridgehead atoms. The van der Waals surface area contributed by atoms with Crippen molar-refractivity contribution in [3.63, 3.8) is 0 Å². The molecular weight excluding hydrogens is 359 g/mol. The van der Waals surface area contributed by atoms with Gasteiger partial charge in [0.2, 0.25) is 5.91 Å². The van der Waals surface area contributed by atoms with Gasteiger partial charge in [0.15, 0.2) is 0 Å². The van der Waals surface area contributed by atoms with Crippen LogP contribution in [0.2, 0.25) is 0 Å². The Balaban J connectivity index is 1.39. The summed E-state index contributed by atoms with van der Waals surface area (Å²) in [5.74, 6) is -1.37.